The number of phenols is 1. The molecule has 2 saturated carbocycles. The zero-order chi connectivity index (χ0) is 21.8. The van der Waals surface area contributed by atoms with Crippen LogP contribution in [-0.2, 0) is 11.2 Å². The highest BCUT2D eigenvalue weighted by Gasteiger charge is 2.56. The van der Waals surface area contributed by atoms with Gasteiger partial charge in [0.15, 0.2) is 18.4 Å². The highest BCUT2D eigenvalue weighted by atomic mass is 127. The molecule has 0 bridgehead atoms. The molecule has 0 spiro atoms. The van der Waals surface area contributed by atoms with Gasteiger partial charge in [-0.2, -0.15) is 0 Å². The van der Waals surface area contributed by atoms with Crippen LogP contribution < -0.4 is 28.5 Å². The molecule has 0 unspecified atom stereocenters. The standard InChI is InChI=1S/C27H33NO3.HI/c1-17(2)28-14-4-5-19(16-28)26(30)31-25-11-10-24-23-8-6-18-15-20(29)7-9-21(18)22(23)12-13-27(24,25)3;/h4-5,7,9,14-17,22-25H,6,8,10-13H2,1-3H3;1H/t22-,23-,24+,25-,27+;/m1./s1. The summed E-state index contributed by atoms with van der Waals surface area (Å²) in [6.07, 6.45) is 10.5. The number of hydrogen-bond acceptors (Lipinski definition) is 3. The summed E-state index contributed by atoms with van der Waals surface area (Å²) in [4.78, 5) is 13.0. The van der Waals surface area contributed by atoms with Crippen molar-refractivity contribution < 1.29 is 43.2 Å². The molecule has 1 aromatic carbocycles. The number of esters is 1. The molecule has 5 rings (SSSR count). The molecule has 1 N–H and O–H groups in total. The fourth-order valence-corrected chi connectivity index (χ4v) is 6.85. The van der Waals surface area contributed by atoms with E-state index in [2.05, 4.69) is 31.4 Å². The third-order valence-electron chi connectivity index (χ3n) is 8.53. The number of aromatic nitrogens is 1. The Morgan fingerprint density at radius 1 is 1.19 bits per heavy atom. The summed E-state index contributed by atoms with van der Waals surface area (Å²) >= 11 is 0. The van der Waals surface area contributed by atoms with Gasteiger partial charge in [-0.1, -0.05) is 13.0 Å². The van der Waals surface area contributed by atoms with Crippen LogP contribution in [0.5, 0.6) is 5.75 Å². The van der Waals surface area contributed by atoms with Crippen molar-refractivity contribution in [3.63, 3.8) is 0 Å². The van der Waals surface area contributed by atoms with Crippen LogP contribution in [0.4, 0.5) is 0 Å². The number of aromatic hydroxyl groups is 1. The maximum Gasteiger partial charge on any atom is 0.344 e. The summed E-state index contributed by atoms with van der Waals surface area (Å²) in [6.45, 7) is 6.59. The summed E-state index contributed by atoms with van der Waals surface area (Å²) < 4.78 is 8.24. The molecule has 3 aliphatic carbocycles. The Balaban J connectivity index is 0.00000245. The Kier molecular flexibility index (Phi) is 6.59. The van der Waals surface area contributed by atoms with Crippen molar-refractivity contribution in [1.82, 2.24) is 0 Å². The average molecular weight is 547 g/mol. The zero-order valence-corrected chi connectivity index (χ0v) is 21.4. The molecule has 1 aromatic heterocycles. The third-order valence-corrected chi connectivity index (χ3v) is 8.53. The number of hydrogen-bond donors (Lipinski definition) is 1. The average Bonchev–Trinajstić information content (AvgIpc) is 3.09. The van der Waals surface area contributed by atoms with E-state index in [4.69, 9.17) is 4.74 Å². The molecule has 172 valence electrons. The minimum atomic E-state index is -0.187. The second-order valence-electron chi connectivity index (χ2n) is 10.4. The number of pyridine rings is 1. The molecule has 32 heavy (non-hydrogen) atoms. The van der Waals surface area contributed by atoms with Crippen LogP contribution in [0.3, 0.4) is 0 Å². The molecule has 2 aromatic rings. The topological polar surface area (TPSA) is 50.4 Å². The van der Waals surface area contributed by atoms with E-state index >= 15 is 0 Å². The van der Waals surface area contributed by atoms with E-state index in [1.54, 1.807) is 0 Å². The summed E-state index contributed by atoms with van der Waals surface area (Å²) in [5.74, 6) is 2.02. The fourth-order valence-electron chi connectivity index (χ4n) is 6.85. The predicted molar refractivity (Wildman–Crippen MR) is 119 cm³/mol. The van der Waals surface area contributed by atoms with Crippen molar-refractivity contribution in [2.45, 2.75) is 77.4 Å². The maximum absolute atomic E-state index is 13.0. The number of rotatable bonds is 3. The summed E-state index contributed by atoms with van der Waals surface area (Å²) in [5.41, 5.74) is 3.48. The Morgan fingerprint density at radius 3 is 2.78 bits per heavy atom. The lowest BCUT2D eigenvalue weighted by Crippen LogP contribution is -3.00. The van der Waals surface area contributed by atoms with Crippen LogP contribution in [0.2, 0.25) is 0 Å². The monoisotopic (exact) mass is 547 g/mol. The molecule has 5 heteroatoms. The molecular weight excluding hydrogens is 513 g/mol. The van der Waals surface area contributed by atoms with Crippen LogP contribution in [0, 0.1) is 17.3 Å². The first-order valence-electron chi connectivity index (χ1n) is 11.9. The van der Waals surface area contributed by atoms with Gasteiger partial charge >= 0.3 is 5.97 Å². The summed E-state index contributed by atoms with van der Waals surface area (Å²) in [7, 11) is 0. The lowest BCUT2D eigenvalue weighted by molar-refractivity contribution is -0.716. The number of phenolic OH excluding ortho intramolecular Hbond substituents is 1. The Labute approximate surface area is 208 Å². The van der Waals surface area contributed by atoms with E-state index in [9.17, 15) is 9.90 Å². The van der Waals surface area contributed by atoms with Gasteiger partial charge in [0.25, 0.3) is 0 Å². The molecule has 2 fully saturated rings. The number of benzene rings is 1. The summed E-state index contributed by atoms with van der Waals surface area (Å²) in [5, 5.41) is 9.89. The van der Waals surface area contributed by atoms with Crippen molar-refractivity contribution in [3.8, 4) is 5.75 Å². The van der Waals surface area contributed by atoms with E-state index < -0.39 is 0 Å². The third kappa shape index (κ3) is 3.95. The SMILES string of the molecule is CC(C)[n+]1cccc(C(=O)O[C@@H]2CC[C@H]3[C@@H]4CCc5cc(O)ccc5[C@H]4CC[C@]23C)c1.[I-]. The fraction of sp³-hybridized carbons (Fsp3) is 0.556. The molecule has 1 heterocycles. The van der Waals surface area contributed by atoms with Gasteiger partial charge in [-0.25, -0.2) is 9.36 Å². The normalized spacial score (nSPS) is 30.6. The van der Waals surface area contributed by atoms with E-state index in [0.29, 0.717) is 35.1 Å². The number of aryl methyl sites for hydroxylation is 1. The molecule has 0 saturated heterocycles. The molecule has 0 radical (unpaired) electrons. The molecule has 5 atom stereocenters. The van der Waals surface area contributed by atoms with Crippen molar-refractivity contribution >= 4 is 5.97 Å². The lowest BCUT2D eigenvalue weighted by Gasteiger charge is -2.50. The number of carbonyl (C=O) groups excluding carboxylic acids is 1. The smallest absolute Gasteiger partial charge is 0.344 e. The van der Waals surface area contributed by atoms with E-state index in [1.807, 2.05) is 36.7 Å². The first-order valence-corrected chi connectivity index (χ1v) is 11.9. The van der Waals surface area contributed by atoms with Gasteiger partial charge in [0, 0.05) is 11.5 Å². The molecular formula is C27H34INO3. The largest absolute Gasteiger partial charge is 1.00 e. The number of nitrogens with zero attached hydrogens (tertiary/aromatic N) is 1. The maximum atomic E-state index is 13.0. The minimum Gasteiger partial charge on any atom is -1.00 e. The minimum absolute atomic E-state index is 0. The second-order valence-corrected chi connectivity index (χ2v) is 10.4. The van der Waals surface area contributed by atoms with Gasteiger partial charge in [-0.05, 0) is 99.5 Å². The van der Waals surface area contributed by atoms with Crippen molar-refractivity contribution in [1.29, 1.82) is 0 Å². The Hall–Kier alpha value is -1.63. The zero-order valence-electron chi connectivity index (χ0n) is 19.3. The Bertz CT molecular complexity index is 1010. The second kappa shape index (κ2) is 8.96. The Morgan fingerprint density at radius 2 is 2.00 bits per heavy atom. The van der Waals surface area contributed by atoms with Gasteiger partial charge in [0.1, 0.15) is 17.4 Å². The van der Waals surface area contributed by atoms with Crippen LogP contribution in [0.15, 0.2) is 42.7 Å². The number of ether oxygens (including phenoxy) is 1. The van der Waals surface area contributed by atoms with Crippen LogP contribution in [0.1, 0.15) is 86.3 Å². The molecule has 4 nitrogen and oxygen atoms in total. The first kappa shape index (κ1) is 23.5. The molecule has 0 aliphatic heterocycles. The number of halogens is 1. The van der Waals surface area contributed by atoms with E-state index in [1.165, 1.54) is 17.5 Å². The van der Waals surface area contributed by atoms with Gasteiger partial charge < -0.3 is 33.8 Å². The van der Waals surface area contributed by atoms with Crippen LogP contribution in [-0.4, -0.2) is 17.2 Å². The first-order chi connectivity index (χ1) is 14.9. The van der Waals surface area contributed by atoms with Gasteiger partial charge in [0.05, 0.1) is 0 Å². The predicted octanol–water partition coefficient (Wildman–Crippen LogP) is 2.35. The highest BCUT2D eigenvalue weighted by Crippen LogP contribution is 2.61. The molecule has 3 aliphatic rings. The van der Waals surface area contributed by atoms with Crippen molar-refractivity contribution in [2.75, 3.05) is 0 Å². The lowest BCUT2D eigenvalue weighted by atomic mass is 9.55. The van der Waals surface area contributed by atoms with Crippen LogP contribution in [0.25, 0.3) is 0 Å². The highest BCUT2D eigenvalue weighted by molar-refractivity contribution is 5.88. The van der Waals surface area contributed by atoms with Gasteiger partial charge in [-0.15, -0.1) is 0 Å². The number of fused-ring (bicyclic) bond motifs is 5. The van der Waals surface area contributed by atoms with Crippen molar-refractivity contribution in [2.24, 2.45) is 17.3 Å². The quantitative estimate of drug-likeness (QED) is 0.365. The number of carbonyl (C=O) groups is 1. The van der Waals surface area contributed by atoms with Crippen molar-refractivity contribution in [3.05, 3.63) is 59.4 Å². The molecule has 0 amide bonds. The van der Waals surface area contributed by atoms with Gasteiger partial charge in [-0.3, -0.25) is 0 Å². The van der Waals surface area contributed by atoms with E-state index in [-0.39, 0.29) is 41.5 Å². The van der Waals surface area contributed by atoms with E-state index in [0.717, 1.165) is 32.1 Å². The van der Waals surface area contributed by atoms with Crippen LogP contribution >= 0.6 is 0 Å². The van der Waals surface area contributed by atoms with Gasteiger partial charge in [0.2, 0.25) is 0 Å². The summed E-state index contributed by atoms with van der Waals surface area (Å²) in [6, 6.07) is 10.1.